The molecule has 5 heteroatoms. The highest BCUT2D eigenvalue weighted by atomic mass is 16.5. The topological polar surface area (TPSA) is 81.4 Å². The third-order valence-corrected chi connectivity index (χ3v) is 3.07. The maximum absolute atomic E-state index is 12.1. The number of para-hydroxylation sites is 1. The van der Waals surface area contributed by atoms with E-state index >= 15 is 0 Å². The molecule has 0 atom stereocenters. The molecule has 2 aromatic rings. The summed E-state index contributed by atoms with van der Waals surface area (Å²) in [5.74, 6) is -0.0134. The van der Waals surface area contributed by atoms with Gasteiger partial charge in [0, 0.05) is 0 Å². The second-order valence-electron chi connectivity index (χ2n) is 4.71. The van der Waals surface area contributed by atoms with Crippen LogP contribution in [0.5, 0.6) is 5.75 Å². The van der Waals surface area contributed by atoms with Crippen molar-refractivity contribution in [2.75, 3.05) is 11.9 Å². The lowest BCUT2D eigenvalue weighted by atomic mass is 10.1. The van der Waals surface area contributed by atoms with Crippen molar-refractivity contribution in [1.29, 1.82) is 0 Å². The highest BCUT2D eigenvalue weighted by Crippen LogP contribution is 2.16. The first-order chi connectivity index (χ1) is 10.6. The van der Waals surface area contributed by atoms with Gasteiger partial charge in [0.25, 0.3) is 5.91 Å². The predicted molar refractivity (Wildman–Crippen MR) is 84.9 cm³/mol. The Morgan fingerprint density at radius 3 is 2.41 bits per heavy atom. The minimum atomic E-state index is -0.572. The van der Waals surface area contributed by atoms with Gasteiger partial charge in [0.05, 0.1) is 24.3 Å². The van der Waals surface area contributed by atoms with Crippen LogP contribution in [-0.4, -0.2) is 18.4 Å². The zero-order chi connectivity index (χ0) is 15.9. The number of primary amides is 1. The summed E-state index contributed by atoms with van der Waals surface area (Å²) in [6.07, 6.45) is 0.208. The van der Waals surface area contributed by atoms with Crippen molar-refractivity contribution in [2.45, 2.75) is 13.3 Å². The van der Waals surface area contributed by atoms with Crippen LogP contribution in [0.1, 0.15) is 22.8 Å². The SMILES string of the molecule is CCOc1ccc(CC(=O)Nc2ccccc2C(N)=O)cc1. The molecule has 0 aliphatic carbocycles. The van der Waals surface area contributed by atoms with Gasteiger partial charge in [0.2, 0.25) is 5.91 Å². The molecule has 3 N–H and O–H groups in total. The summed E-state index contributed by atoms with van der Waals surface area (Å²) in [4.78, 5) is 23.4. The number of hydrogen-bond donors (Lipinski definition) is 2. The van der Waals surface area contributed by atoms with Gasteiger partial charge in [-0.2, -0.15) is 0 Å². The third kappa shape index (κ3) is 4.09. The van der Waals surface area contributed by atoms with Crippen LogP contribution in [-0.2, 0) is 11.2 Å². The number of hydrogen-bond acceptors (Lipinski definition) is 3. The molecule has 2 amide bonds. The first-order valence-electron chi connectivity index (χ1n) is 7.00. The number of nitrogens with one attached hydrogen (secondary N) is 1. The van der Waals surface area contributed by atoms with E-state index in [-0.39, 0.29) is 12.3 Å². The summed E-state index contributed by atoms with van der Waals surface area (Å²) in [7, 11) is 0. The first kappa shape index (κ1) is 15.6. The van der Waals surface area contributed by atoms with Gasteiger partial charge in [-0.25, -0.2) is 0 Å². The van der Waals surface area contributed by atoms with E-state index in [9.17, 15) is 9.59 Å². The van der Waals surface area contributed by atoms with Gasteiger partial charge < -0.3 is 15.8 Å². The van der Waals surface area contributed by atoms with Crippen LogP contribution in [0.15, 0.2) is 48.5 Å². The number of carbonyl (C=O) groups excluding carboxylic acids is 2. The lowest BCUT2D eigenvalue weighted by Gasteiger charge is -2.09. The van der Waals surface area contributed by atoms with Gasteiger partial charge in [0.1, 0.15) is 5.75 Å². The molecule has 0 aliphatic rings. The minimum Gasteiger partial charge on any atom is -0.494 e. The predicted octanol–water partition coefficient (Wildman–Crippen LogP) is 2.37. The van der Waals surface area contributed by atoms with Gasteiger partial charge in [-0.1, -0.05) is 24.3 Å². The second-order valence-corrected chi connectivity index (χ2v) is 4.71. The summed E-state index contributed by atoms with van der Waals surface area (Å²) in [5.41, 5.74) is 6.86. The summed E-state index contributed by atoms with van der Waals surface area (Å²) in [6, 6.07) is 14.0. The Balaban J connectivity index is 2.02. The highest BCUT2D eigenvalue weighted by Gasteiger charge is 2.10. The van der Waals surface area contributed by atoms with E-state index in [2.05, 4.69) is 5.32 Å². The van der Waals surface area contributed by atoms with Crippen LogP contribution in [0.3, 0.4) is 0 Å². The average molecular weight is 298 g/mol. The molecule has 0 saturated heterocycles. The van der Waals surface area contributed by atoms with E-state index in [0.29, 0.717) is 17.9 Å². The molecule has 114 valence electrons. The summed E-state index contributed by atoms with van der Waals surface area (Å²) in [6.45, 7) is 2.52. The monoisotopic (exact) mass is 298 g/mol. The fraction of sp³-hybridized carbons (Fsp3) is 0.176. The van der Waals surface area contributed by atoms with E-state index < -0.39 is 5.91 Å². The van der Waals surface area contributed by atoms with E-state index in [4.69, 9.17) is 10.5 Å². The molecule has 0 radical (unpaired) electrons. The van der Waals surface area contributed by atoms with E-state index in [1.54, 1.807) is 24.3 Å². The zero-order valence-corrected chi connectivity index (χ0v) is 12.3. The highest BCUT2D eigenvalue weighted by molar-refractivity contribution is 6.03. The number of carbonyl (C=O) groups is 2. The standard InChI is InChI=1S/C17H18N2O3/c1-2-22-13-9-7-12(8-10-13)11-16(20)19-15-6-4-3-5-14(15)17(18)21/h3-10H,2,11H2,1H3,(H2,18,21)(H,19,20). The molecule has 0 aliphatic heterocycles. The van der Waals surface area contributed by atoms with Gasteiger partial charge in [-0.3, -0.25) is 9.59 Å². The molecule has 0 bridgehead atoms. The van der Waals surface area contributed by atoms with Gasteiger partial charge in [-0.05, 0) is 36.8 Å². The molecule has 0 unspecified atom stereocenters. The van der Waals surface area contributed by atoms with Crippen molar-refractivity contribution < 1.29 is 14.3 Å². The van der Waals surface area contributed by atoms with Crippen LogP contribution >= 0.6 is 0 Å². The Morgan fingerprint density at radius 1 is 1.09 bits per heavy atom. The Bertz CT molecular complexity index is 666. The Morgan fingerprint density at radius 2 is 1.77 bits per heavy atom. The first-order valence-corrected chi connectivity index (χ1v) is 7.00. The summed E-state index contributed by atoms with van der Waals surface area (Å²) in [5, 5.41) is 2.71. The second kappa shape index (κ2) is 7.26. The average Bonchev–Trinajstić information content (AvgIpc) is 2.50. The van der Waals surface area contributed by atoms with E-state index in [1.165, 1.54) is 0 Å². The van der Waals surface area contributed by atoms with Crippen LogP contribution in [0, 0.1) is 0 Å². The number of rotatable bonds is 6. The maximum Gasteiger partial charge on any atom is 0.250 e. The number of amides is 2. The molecule has 22 heavy (non-hydrogen) atoms. The van der Waals surface area contributed by atoms with Gasteiger partial charge in [0.15, 0.2) is 0 Å². The summed E-state index contributed by atoms with van der Waals surface area (Å²) < 4.78 is 5.35. The number of anilines is 1. The fourth-order valence-electron chi connectivity index (χ4n) is 2.06. The number of benzene rings is 2. The van der Waals surface area contributed by atoms with Crippen LogP contribution in [0.4, 0.5) is 5.69 Å². The third-order valence-electron chi connectivity index (χ3n) is 3.07. The molecular weight excluding hydrogens is 280 g/mol. The van der Waals surface area contributed by atoms with Crippen molar-refractivity contribution in [2.24, 2.45) is 5.73 Å². The smallest absolute Gasteiger partial charge is 0.250 e. The molecule has 0 heterocycles. The van der Waals surface area contributed by atoms with Crippen LogP contribution in [0.2, 0.25) is 0 Å². The zero-order valence-electron chi connectivity index (χ0n) is 12.3. The maximum atomic E-state index is 12.1. The van der Waals surface area contributed by atoms with E-state index in [1.807, 2.05) is 31.2 Å². The normalized spacial score (nSPS) is 10.0. The molecule has 2 rings (SSSR count). The Kier molecular flexibility index (Phi) is 5.14. The molecule has 0 aromatic heterocycles. The minimum absolute atomic E-state index is 0.208. The molecule has 0 saturated carbocycles. The number of ether oxygens (including phenoxy) is 1. The van der Waals surface area contributed by atoms with Crippen LogP contribution < -0.4 is 15.8 Å². The largest absolute Gasteiger partial charge is 0.494 e. The van der Waals surface area contributed by atoms with Crippen molar-refractivity contribution in [3.63, 3.8) is 0 Å². The molecule has 2 aromatic carbocycles. The Labute approximate surface area is 129 Å². The van der Waals surface area contributed by atoms with Crippen molar-refractivity contribution >= 4 is 17.5 Å². The molecule has 0 fully saturated rings. The fourth-order valence-corrected chi connectivity index (χ4v) is 2.06. The van der Waals surface area contributed by atoms with Gasteiger partial charge in [-0.15, -0.1) is 0 Å². The van der Waals surface area contributed by atoms with Crippen molar-refractivity contribution in [1.82, 2.24) is 0 Å². The van der Waals surface area contributed by atoms with Crippen LogP contribution in [0.25, 0.3) is 0 Å². The lowest BCUT2D eigenvalue weighted by Crippen LogP contribution is -2.19. The number of nitrogens with two attached hydrogens (primary N) is 1. The Hall–Kier alpha value is -2.82. The molecule has 5 nitrogen and oxygen atoms in total. The summed E-state index contributed by atoms with van der Waals surface area (Å²) >= 11 is 0. The molecular formula is C17H18N2O3. The van der Waals surface area contributed by atoms with Crippen molar-refractivity contribution in [3.8, 4) is 5.75 Å². The van der Waals surface area contributed by atoms with E-state index in [0.717, 1.165) is 11.3 Å². The lowest BCUT2D eigenvalue weighted by molar-refractivity contribution is -0.115. The van der Waals surface area contributed by atoms with Gasteiger partial charge >= 0.3 is 0 Å². The van der Waals surface area contributed by atoms with Crippen molar-refractivity contribution in [3.05, 3.63) is 59.7 Å². The quantitative estimate of drug-likeness (QED) is 0.859. The molecule has 0 spiro atoms.